The number of aromatic nitrogens is 2. The third-order valence-electron chi connectivity index (χ3n) is 4.39. The molecule has 3 rings (SSSR count). The van der Waals surface area contributed by atoms with Crippen LogP contribution in [0.4, 0.5) is 5.69 Å². The van der Waals surface area contributed by atoms with Crippen molar-refractivity contribution in [3.05, 3.63) is 87.2 Å². The van der Waals surface area contributed by atoms with Crippen LogP contribution in [0.25, 0.3) is 5.69 Å². The first-order valence-electron chi connectivity index (χ1n) is 8.88. The molecular weight excluding hydrogens is 358 g/mol. The summed E-state index contributed by atoms with van der Waals surface area (Å²) in [6, 6.07) is 14.4. The number of ether oxygens (including phenoxy) is 1. The predicted octanol–water partition coefficient (Wildman–Crippen LogP) is 2.21. The van der Waals surface area contributed by atoms with Gasteiger partial charge in [-0.05, 0) is 30.2 Å². The van der Waals surface area contributed by atoms with E-state index < -0.39 is 11.1 Å². The van der Waals surface area contributed by atoms with Gasteiger partial charge in [0.25, 0.3) is 0 Å². The van der Waals surface area contributed by atoms with Gasteiger partial charge in [-0.15, -0.1) is 0 Å². The van der Waals surface area contributed by atoms with E-state index in [1.807, 2.05) is 25.1 Å². The van der Waals surface area contributed by atoms with Crippen LogP contribution in [0, 0.1) is 0 Å². The molecule has 1 N–H and O–H groups in total. The van der Waals surface area contributed by atoms with Gasteiger partial charge < -0.3 is 10.1 Å². The zero-order valence-electron chi connectivity index (χ0n) is 15.7. The molecule has 0 aliphatic carbocycles. The molecule has 0 spiro atoms. The maximum Gasteiger partial charge on any atom is 0.321 e. The number of aryl methyl sites for hydroxylation is 1. The molecule has 144 valence electrons. The molecule has 7 heteroatoms. The molecule has 0 aliphatic rings. The molecule has 0 fully saturated rings. The summed E-state index contributed by atoms with van der Waals surface area (Å²) in [6.07, 6.45) is 3.64. The van der Waals surface area contributed by atoms with Crippen LogP contribution >= 0.6 is 0 Å². The fourth-order valence-electron chi connectivity index (χ4n) is 2.95. The lowest BCUT2D eigenvalue weighted by atomic mass is 10.1. The van der Waals surface area contributed by atoms with Crippen LogP contribution in [-0.4, -0.2) is 22.2 Å². The molecule has 3 aromatic rings. The number of carbonyl (C=O) groups excluding carboxylic acids is 1. The average Bonchev–Trinajstić information content (AvgIpc) is 2.72. The number of nitrogens with one attached hydrogen (secondary N) is 1. The van der Waals surface area contributed by atoms with Gasteiger partial charge in [0.1, 0.15) is 12.3 Å². The normalized spacial score (nSPS) is 10.5. The van der Waals surface area contributed by atoms with E-state index in [9.17, 15) is 14.4 Å². The van der Waals surface area contributed by atoms with Crippen molar-refractivity contribution < 1.29 is 9.53 Å². The maximum absolute atomic E-state index is 12.5. The topological polar surface area (TPSA) is 82.3 Å². The van der Waals surface area contributed by atoms with E-state index in [2.05, 4.69) is 5.32 Å². The Morgan fingerprint density at radius 3 is 2.46 bits per heavy atom. The summed E-state index contributed by atoms with van der Waals surface area (Å²) in [5.41, 5.74) is 0.613. The van der Waals surface area contributed by atoms with E-state index in [1.165, 1.54) is 24.1 Å². The number of benzene rings is 2. The summed E-state index contributed by atoms with van der Waals surface area (Å²) in [7, 11) is 1.49. The van der Waals surface area contributed by atoms with Gasteiger partial charge in [-0.1, -0.05) is 37.3 Å². The summed E-state index contributed by atoms with van der Waals surface area (Å²) in [5.74, 6) is 0.0908. The lowest BCUT2D eigenvalue weighted by Gasteiger charge is -2.13. The van der Waals surface area contributed by atoms with Crippen molar-refractivity contribution in [3.8, 4) is 11.4 Å². The van der Waals surface area contributed by atoms with Gasteiger partial charge >= 0.3 is 11.1 Å². The molecule has 28 heavy (non-hydrogen) atoms. The fourth-order valence-corrected chi connectivity index (χ4v) is 2.95. The van der Waals surface area contributed by atoms with Crippen LogP contribution in [0.2, 0.25) is 0 Å². The number of amides is 1. The van der Waals surface area contributed by atoms with Gasteiger partial charge in [-0.3, -0.25) is 23.5 Å². The van der Waals surface area contributed by atoms with Crippen molar-refractivity contribution in [1.82, 2.24) is 9.13 Å². The highest BCUT2D eigenvalue weighted by molar-refractivity contribution is 5.91. The standard InChI is InChI=1S/C21H21N3O4/c1-3-15-8-4-5-9-16(15)22-19(25)14-23-12-13-24(21(27)20(23)26)17-10-6-7-11-18(17)28-2/h4-13H,3,14H2,1-2H3,(H,22,25). The number of para-hydroxylation sites is 3. The van der Waals surface area contributed by atoms with E-state index in [-0.39, 0.29) is 12.5 Å². The summed E-state index contributed by atoms with van der Waals surface area (Å²) >= 11 is 0. The fraction of sp³-hybridized carbons (Fsp3) is 0.190. The average molecular weight is 379 g/mol. The highest BCUT2D eigenvalue weighted by Crippen LogP contribution is 2.20. The first-order valence-corrected chi connectivity index (χ1v) is 8.88. The number of hydrogen-bond donors (Lipinski definition) is 1. The van der Waals surface area contributed by atoms with Gasteiger partial charge in [-0.2, -0.15) is 0 Å². The second-order valence-corrected chi connectivity index (χ2v) is 6.14. The molecular formula is C21H21N3O4. The first kappa shape index (κ1) is 19.2. The van der Waals surface area contributed by atoms with E-state index >= 15 is 0 Å². The molecule has 0 saturated heterocycles. The smallest absolute Gasteiger partial charge is 0.321 e. The SMILES string of the molecule is CCc1ccccc1NC(=O)Cn1ccn(-c2ccccc2OC)c(=O)c1=O. The van der Waals surface area contributed by atoms with E-state index in [1.54, 1.807) is 30.3 Å². The molecule has 1 heterocycles. The quantitative estimate of drug-likeness (QED) is 0.666. The largest absolute Gasteiger partial charge is 0.495 e. The van der Waals surface area contributed by atoms with E-state index in [0.717, 1.165) is 16.6 Å². The number of anilines is 1. The molecule has 0 bridgehead atoms. The molecule has 0 atom stereocenters. The zero-order chi connectivity index (χ0) is 20.1. The Hall–Kier alpha value is -3.61. The van der Waals surface area contributed by atoms with Crippen LogP contribution in [0.3, 0.4) is 0 Å². The first-order chi connectivity index (χ1) is 13.5. The minimum atomic E-state index is -0.785. The van der Waals surface area contributed by atoms with Crippen LogP contribution in [0.1, 0.15) is 12.5 Å². The minimum Gasteiger partial charge on any atom is -0.495 e. The molecule has 1 amide bonds. The second-order valence-electron chi connectivity index (χ2n) is 6.14. The van der Waals surface area contributed by atoms with Gasteiger partial charge in [-0.25, -0.2) is 0 Å². The number of methoxy groups -OCH3 is 1. The monoisotopic (exact) mass is 379 g/mol. The molecule has 2 aromatic carbocycles. The van der Waals surface area contributed by atoms with Crippen molar-refractivity contribution in [2.24, 2.45) is 0 Å². The summed E-state index contributed by atoms with van der Waals surface area (Å²) < 4.78 is 7.55. The Labute approximate surface area is 161 Å². The Bertz CT molecular complexity index is 1110. The van der Waals surface area contributed by atoms with Crippen LogP contribution in [0.15, 0.2) is 70.5 Å². The van der Waals surface area contributed by atoms with Crippen LogP contribution in [0.5, 0.6) is 5.75 Å². The summed E-state index contributed by atoms with van der Waals surface area (Å²) in [4.78, 5) is 37.4. The van der Waals surface area contributed by atoms with Crippen molar-refractivity contribution in [2.75, 3.05) is 12.4 Å². The van der Waals surface area contributed by atoms with Crippen LogP contribution < -0.4 is 21.2 Å². The Balaban J connectivity index is 1.86. The van der Waals surface area contributed by atoms with E-state index in [4.69, 9.17) is 4.74 Å². The Morgan fingerprint density at radius 1 is 1.00 bits per heavy atom. The van der Waals surface area contributed by atoms with Gasteiger partial charge in [0.05, 0.1) is 12.8 Å². The summed E-state index contributed by atoms with van der Waals surface area (Å²) in [5, 5.41) is 2.79. The van der Waals surface area contributed by atoms with Gasteiger partial charge in [0.2, 0.25) is 5.91 Å². The molecule has 0 aliphatic heterocycles. The lowest BCUT2D eigenvalue weighted by molar-refractivity contribution is -0.116. The van der Waals surface area contributed by atoms with Crippen LogP contribution in [-0.2, 0) is 17.8 Å². The Morgan fingerprint density at radius 2 is 1.71 bits per heavy atom. The summed E-state index contributed by atoms with van der Waals surface area (Å²) in [6.45, 7) is 1.74. The number of carbonyl (C=O) groups is 1. The van der Waals surface area contributed by atoms with Crippen molar-refractivity contribution >= 4 is 11.6 Å². The molecule has 1 aromatic heterocycles. The third kappa shape index (κ3) is 3.88. The number of nitrogens with zero attached hydrogens (tertiary/aromatic N) is 2. The minimum absolute atomic E-state index is 0.251. The third-order valence-corrected chi connectivity index (χ3v) is 4.39. The van der Waals surface area contributed by atoms with Crippen molar-refractivity contribution in [2.45, 2.75) is 19.9 Å². The maximum atomic E-state index is 12.5. The highest BCUT2D eigenvalue weighted by atomic mass is 16.5. The number of rotatable bonds is 6. The lowest BCUT2D eigenvalue weighted by Crippen LogP contribution is -2.41. The number of hydrogen-bond acceptors (Lipinski definition) is 4. The van der Waals surface area contributed by atoms with Crippen molar-refractivity contribution in [3.63, 3.8) is 0 Å². The second kappa shape index (κ2) is 8.39. The highest BCUT2D eigenvalue weighted by Gasteiger charge is 2.13. The van der Waals surface area contributed by atoms with E-state index in [0.29, 0.717) is 17.1 Å². The zero-order valence-corrected chi connectivity index (χ0v) is 15.7. The van der Waals surface area contributed by atoms with Crippen molar-refractivity contribution in [1.29, 1.82) is 0 Å². The molecule has 0 radical (unpaired) electrons. The van der Waals surface area contributed by atoms with Gasteiger partial charge in [0.15, 0.2) is 0 Å². The molecule has 7 nitrogen and oxygen atoms in total. The van der Waals surface area contributed by atoms with Gasteiger partial charge in [0, 0.05) is 18.1 Å². The predicted molar refractivity (Wildman–Crippen MR) is 107 cm³/mol. The molecule has 0 saturated carbocycles. The Kier molecular flexibility index (Phi) is 5.74. The molecule has 0 unspecified atom stereocenters.